The molecule has 3 heteroatoms. The number of benzene rings is 1. The number of thiazole rings is 1. The Labute approximate surface area is 93.2 Å². The summed E-state index contributed by atoms with van der Waals surface area (Å²) in [5.41, 5.74) is 1.77. The standard InChI is InChI=1S/C12H12N2S/c1-12(2,3)11-14-9-5-4-8(7-13)6-10(9)15-11/h4-6H,1-3H3. The van der Waals surface area contributed by atoms with Gasteiger partial charge in [-0.2, -0.15) is 5.26 Å². The fourth-order valence-corrected chi connectivity index (χ4v) is 2.38. The zero-order valence-corrected chi connectivity index (χ0v) is 9.85. The summed E-state index contributed by atoms with van der Waals surface area (Å²) in [5, 5.41) is 9.92. The molecule has 0 N–H and O–H groups in total. The van der Waals surface area contributed by atoms with Gasteiger partial charge in [0.1, 0.15) is 0 Å². The highest BCUT2D eigenvalue weighted by atomic mass is 32.1. The first kappa shape index (κ1) is 10.1. The number of fused-ring (bicyclic) bond motifs is 1. The van der Waals surface area contributed by atoms with E-state index in [-0.39, 0.29) is 5.41 Å². The Hall–Kier alpha value is -1.40. The summed E-state index contributed by atoms with van der Waals surface area (Å²) in [6.07, 6.45) is 0. The molecule has 2 rings (SSSR count). The third kappa shape index (κ3) is 1.86. The van der Waals surface area contributed by atoms with Gasteiger partial charge in [-0.25, -0.2) is 4.98 Å². The number of hydrogen-bond donors (Lipinski definition) is 0. The first-order valence-electron chi connectivity index (χ1n) is 4.82. The molecule has 0 aliphatic rings. The SMILES string of the molecule is CC(C)(C)c1nc2ccc(C#N)cc2s1. The van der Waals surface area contributed by atoms with Gasteiger partial charge in [-0.05, 0) is 18.2 Å². The van der Waals surface area contributed by atoms with Gasteiger partial charge in [-0.1, -0.05) is 20.8 Å². The van der Waals surface area contributed by atoms with Gasteiger partial charge in [-0.3, -0.25) is 0 Å². The van der Waals surface area contributed by atoms with Crippen molar-refractivity contribution >= 4 is 21.6 Å². The van der Waals surface area contributed by atoms with Gasteiger partial charge < -0.3 is 0 Å². The van der Waals surface area contributed by atoms with Crippen molar-refractivity contribution in [3.05, 3.63) is 28.8 Å². The number of aromatic nitrogens is 1. The molecule has 0 amide bonds. The molecule has 1 heterocycles. The van der Waals surface area contributed by atoms with Gasteiger partial charge in [0.2, 0.25) is 0 Å². The summed E-state index contributed by atoms with van der Waals surface area (Å²) < 4.78 is 1.10. The van der Waals surface area contributed by atoms with Crippen LogP contribution in [-0.4, -0.2) is 4.98 Å². The van der Waals surface area contributed by atoms with Crippen molar-refractivity contribution < 1.29 is 0 Å². The maximum atomic E-state index is 8.80. The fourth-order valence-electron chi connectivity index (χ4n) is 1.31. The second-order valence-corrected chi connectivity index (χ2v) is 5.59. The van der Waals surface area contributed by atoms with Crippen LogP contribution in [0, 0.1) is 11.3 Å². The molecule has 0 aliphatic carbocycles. The first-order valence-corrected chi connectivity index (χ1v) is 5.63. The Balaban J connectivity index is 2.62. The minimum Gasteiger partial charge on any atom is -0.241 e. The molecular formula is C12H12N2S. The maximum absolute atomic E-state index is 8.80. The normalized spacial score (nSPS) is 11.6. The van der Waals surface area contributed by atoms with E-state index in [1.54, 1.807) is 11.3 Å². The maximum Gasteiger partial charge on any atom is 0.0992 e. The summed E-state index contributed by atoms with van der Waals surface area (Å²) >= 11 is 1.67. The van der Waals surface area contributed by atoms with Gasteiger partial charge in [0.15, 0.2) is 0 Å². The van der Waals surface area contributed by atoms with E-state index in [2.05, 4.69) is 31.8 Å². The van der Waals surface area contributed by atoms with Crippen LogP contribution in [0.2, 0.25) is 0 Å². The molecule has 0 radical (unpaired) electrons. The largest absolute Gasteiger partial charge is 0.241 e. The van der Waals surface area contributed by atoms with Crippen LogP contribution in [0.1, 0.15) is 31.3 Å². The van der Waals surface area contributed by atoms with Crippen molar-refractivity contribution in [2.24, 2.45) is 0 Å². The Morgan fingerprint density at radius 1 is 1.33 bits per heavy atom. The summed E-state index contributed by atoms with van der Waals surface area (Å²) in [4.78, 5) is 4.57. The highest BCUT2D eigenvalue weighted by Crippen LogP contribution is 2.31. The second kappa shape index (κ2) is 3.32. The molecule has 0 saturated heterocycles. The third-order valence-electron chi connectivity index (χ3n) is 2.16. The molecule has 0 bridgehead atoms. The molecule has 0 aliphatic heterocycles. The molecule has 0 saturated carbocycles. The summed E-state index contributed by atoms with van der Waals surface area (Å²) in [5.74, 6) is 0. The quantitative estimate of drug-likeness (QED) is 0.676. The van der Waals surface area contributed by atoms with Crippen LogP contribution in [0.25, 0.3) is 10.2 Å². The second-order valence-electron chi connectivity index (χ2n) is 4.56. The summed E-state index contributed by atoms with van der Waals surface area (Å²) in [6.45, 7) is 6.45. The molecule has 76 valence electrons. The lowest BCUT2D eigenvalue weighted by Crippen LogP contribution is -2.09. The van der Waals surface area contributed by atoms with Gasteiger partial charge in [0.25, 0.3) is 0 Å². The van der Waals surface area contributed by atoms with Crippen LogP contribution >= 0.6 is 11.3 Å². The number of rotatable bonds is 0. The molecule has 0 fully saturated rings. The molecule has 1 aromatic heterocycles. The van der Waals surface area contributed by atoms with E-state index in [4.69, 9.17) is 5.26 Å². The lowest BCUT2D eigenvalue weighted by molar-refractivity contribution is 0.587. The molecular weight excluding hydrogens is 204 g/mol. The van der Waals surface area contributed by atoms with Crippen molar-refractivity contribution in [3.63, 3.8) is 0 Å². The number of nitrogens with zero attached hydrogens (tertiary/aromatic N) is 2. The number of hydrogen-bond acceptors (Lipinski definition) is 3. The lowest BCUT2D eigenvalue weighted by Gasteiger charge is -2.13. The molecule has 0 spiro atoms. The average molecular weight is 216 g/mol. The van der Waals surface area contributed by atoms with E-state index >= 15 is 0 Å². The van der Waals surface area contributed by atoms with Crippen LogP contribution in [0.5, 0.6) is 0 Å². The summed E-state index contributed by atoms with van der Waals surface area (Å²) in [7, 11) is 0. The van der Waals surface area contributed by atoms with Crippen molar-refractivity contribution in [2.75, 3.05) is 0 Å². The Morgan fingerprint density at radius 2 is 2.07 bits per heavy atom. The first-order chi connectivity index (χ1) is 7.00. The van der Waals surface area contributed by atoms with Crippen molar-refractivity contribution in [3.8, 4) is 6.07 Å². The van der Waals surface area contributed by atoms with Crippen LogP contribution < -0.4 is 0 Å². The van der Waals surface area contributed by atoms with Crippen molar-refractivity contribution in [1.29, 1.82) is 5.26 Å². The van der Waals surface area contributed by atoms with Gasteiger partial charge >= 0.3 is 0 Å². The highest BCUT2D eigenvalue weighted by molar-refractivity contribution is 7.18. The zero-order chi connectivity index (χ0) is 11.1. The Bertz CT molecular complexity index is 541. The van der Waals surface area contributed by atoms with E-state index < -0.39 is 0 Å². The third-order valence-corrected chi connectivity index (χ3v) is 3.60. The minimum absolute atomic E-state index is 0.0799. The smallest absolute Gasteiger partial charge is 0.0992 e. The van der Waals surface area contributed by atoms with Gasteiger partial charge in [0, 0.05) is 5.41 Å². The molecule has 15 heavy (non-hydrogen) atoms. The average Bonchev–Trinajstić information content (AvgIpc) is 2.59. The van der Waals surface area contributed by atoms with Crippen molar-refractivity contribution in [2.45, 2.75) is 26.2 Å². The molecule has 2 aromatic rings. The molecule has 2 nitrogen and oxygen atoms in total. The molecule has 0 atom stereocenters. The van der Waals surface area contributed by atoms with Crippen LogP contribution in [0.3, 0.4) is 0 Å². The predicted molar refractivity (Wildman–Crippen MR) is 63.0 cm³/mol. The van der Waals surface area contributed by atoms with E-state index in [9.17, 15) is 0 Å². The monoisotopic (exact) mass is 216 g/mol. The van der Waals surface area contributed by atoms with Crippen molar-refractivity contribution in [1.82, 2.24) is 4.98 Å². The van der Waals surface area contributed by atoms with E-state index in [0.717, 1.165) is 15.2 Å². The zero-order valence-electron chi connectivity index (χ0n) is 9.03. The van der Waals surface area contributed by atoms with Crippen LogP contribution in [0.4, 0.5) is 0 Å². The lowest BCUT2D eigenvalue weighted by atomic mass is 9.98. The van der Waals surface area contributed by atoms with Gasteiger partial charge in [0.05, 0.1) is 26.9 Å². The van der Waals surface area contributed by atoms with E-state index in [1.165, 1.54) is 0 Å². The Kier molecular flexibility index (Phi) is 2.24. The number of nitriles is 1. The van der Waals surface area contributed by atoms with Gasteiger partial charge in [-0.15, -0.1) is 11.3 Å². The van der Waals surface area contributed by atoms with E-state index in [1.807, 2.05) is 18.2 Å². The molecule has 1 aromatic carbocycles. The predicted octanol–water partition coefficient (Wildman–Crippen LogP) is 3.47. The molecule has 0 unspecified atom stereocenters. The summed E-state index contributed by atoms with van der Waals surface area (Å²) in [6, 6.07) is 7.78. The minimum atomic E-state index is 0.0799. The van der Waals surface area contributed by atoms with Crippen LogP contribution in [-0.2, 0) is 5.41 Å². The Morgan fingerprint density at radius 3 is 2.67 bits per heavy atom. The fraction of sp³-hybridized carbons (Fsp3) is 0.333. The van der Waals surface area contributed by atoms with E-state index in [0.29, 0.717) is 5.56 Å². The highest BCUT2D eigenvalue weighted by Gasteiger charge is 2.18. The van der Waals surface area contributed by atoms with Crippen LogP contribution in [0.15, 0.2) is 18.2 Å². The topological polar surface area (TPSA) is 36.7 Å².